The molecule has 2 N–H and O–H groups in total. The van der Waals surface area contributed by atoms with Gasteiger partial charge in [-0.1, -0.05) is 58.0 Å². The third kappa shape index (κ3) is 6.97. The van der Waals surface area contributed by atoms with Crippen molar-refractivity contribution in [1.82, 2.24) is 15.6 Å². The van der Waals surface area contributed by atoms with Gasteiger partial charge in [0.2, 0.25) is 5.89 Å². The molecule has 1 aromatic heterocycles. The normalized spacial score (nSPS) is 13.0. The van der Waals surface area contributed by atoms with Crippen LogP contribution >= 0.6 is 24.0 Å². The van der Waals surface area contributed by atoms with Crippen molar-refractivity contribution < 1.29 is 4.42 Å². The second kappa shape index (κ2) is 10.5. The molecular formula is C20H31IN4O. The minimum atomic E-state index is -0.0290. The van der Waals surface area contributed by atoms with Crippen molar-refractivity contribution in [2.24, 2.45) is 4.99 Å². The van der Waals surface area contributed by atoms with Gasteiger partial charge in [0.1, 0.15) is 5.76 Å². The Morgan fingerprint density at radius 1 is 1.19 bits per heavy atom. The summed E-state index contributed by atoms with van der Waals surface area (Å²) in [6, 6.07) is 10.6. The van der Waals surface area contributed by atoms with Crippen LogP contribution < -0.4 is 10.6 Å². The predicted octanol–water partition coefficient (Wildman–Crippen LogP) is 4.45. The highest BCUT2D eigenvalue weighted by Gasteiger charge is 2.19. The van der Waals surface area contributed by atoms with E-state index in [4.69, 9.17) is 4.42 Å². The highest BCUT2D eigenvalue weighted by Crippen LogP contribution is 2.22. The first-order valence-electron chi connectivity index (χ1n) is 8.85. The van der Waals surface area contributed by atoms with Crippen LogP contribution in [0.2, 0.25) is 0 Å². The average Bonchev–Trinajstić information content (AvgIpc) is 3.08. The minimum absolute atomic E-state index is 0. The zero-order chi connectivity index (χ0) is 18.3. The molecule has 0 aliphatic rings. The van der Waals surface area contributed by atoms with Gasteiger partial charge in [-0.15, -0.1) is 24.0 Å². The number of aliphatic imine (C=N–C) groups is 1. The fourth-order valence-electron chi connectivity index (χ4n) is 2.47. The van der Waals surface area contributed by atoms with Crippen LogP contribution in [0.15, 0.2) is 45.9 Å². The summed E-state index contributed by atoms with van der Waals surface area (Å²) in [5.74, 6) is 2.83. The van der Waals surface area contributed by atoms with Crippen molar-refractivity contribution in [3.8, 4) is 0 Å². The topological polar surface area (TPSA) is 62.5 Å². The molecule has 1 atom stereocenters. The van der Waals surface area contributed by atoms with Crippen molar-refractivity contribution in [3.05, 3.63) is 53.7 Å². The van der Waals surface area contributed by atoms with Gasteiger partial charge in [-0.05, 0) is 17.9 Å². The van der Waals surface area contributed by atoms with E-state index in [0.717, 1.165) is 24.7 Å². The zero-order valence-electron chi connectivity index (χ0n) is 16.4. The molecule has 144 valence electrons. The molecule has 2 rings (SSSR count). The summed E-state index contributed by atoms with van der Waals surface area (Å²) in [7, 11) is 1.77. The van der Waals surface area contributed by atoms with Gasteiger partial charge in [-0.3, -0.25) is 4.99 Å². The van der Waals surface area contributed by atoms with Gasteiger partial charge in [0.15, 0.2) is 5.96 Å². The Bertz CT molecular complexity index is 677. The Morgan fingerprint density at radius 2 is 1.88 bits per heavy atom. The molecule has 0 aliphatic carbocycles. The lowest BCUT2D eigenvalue weighted by Gasteiger charge is -2.15. The monoisotopic (exact) mass is 470 g/mol. The van der Waals surface area contributed by atoms with E-state index in [0.29, 0.717) is 18.4 Å². The second-order valence-electron chi connectivity index (χ2n) is 7.32. The Morgan fingerprint density at radius 3 is 2.46 bits per heavy atom. The maximum absolute atomic E-state index is 5.79. The van der Waals surface area contributed by atoms with Gasteiger partial charge in [0, 0.05) is 19.0 Å². The van der Waals surface area contributed by atoms with Crippen LogP contribution in [0.3, 0.4) is 0 Å². The highest BCUT2D eigenvalue weighted by molar-refractivity contribution is 14.0. The maximum atomic E-state index is 5.79. The third-order valence-electron chi connectivity index (χ3n) is 4.16. The molecule has 6 heteroatoms. The molecule has 2 aromatic rings. The SMILES string of the molecule is CN=C(NCCC(C)c1ccccc1)NCc1ncc(C(C)(C)C)o1.I. The van der Waals surface area contributed by atoms with E-state index in [9.17, 15) is 0 Å². The van der Waals surface area contributed by atoms with E-state index in [2.05, 4.69) is 72.6 Å². The van der Waals surface area contributed by atoms with Crippen molar-refractivity contribution in [1.29, 1.82) is 0 Å². The molecule has 5 nitrogen and oxygen atoms in total. The minimum Gasteiger partial charge on any atom is -0.443 e. The Balaban J connectivity index is 0.00000338. The second-order valence-corrected chi connectivity index (χ2v) is 7.32. The quantitative estimate of drug-likeness (QED) is 0.372. The smallest absolute Gasteiger partial charge is 0.213 e. The van der Waals surface area contributed by atoms with Gasteiger partial charge < -0.3 is 15.1 Å². The van der Waals surface area contributed by atoms with Gasteiger partial charge >= 0.3 is 0 Å². The molecule has 0 radical (unpaired) electrons. The highest BCUT2D eigenvalue weighted by atomic mass is 127. The van der Waals surface area contributed by atoms with Crippen molar-refractivity contribution in [3.63, 3.8) is 0 Å². The number of nitrogens with zero attached hydrogens (tertiary/aromatic N) is 2. The summed E-state index contributed by atoms with van der Waals surface area (Å²) in [5.41, 5.74) is 1.33. The molecule has 0 saturated heterocycles. The summed E-state index contributed by atoms with van der Waals surface area (Å²) in [4.78, 5) is 8.58. The number of guanidine groups is 1. The molecule has 0 aliphatic heterocycles. The van der Waals surface area contributed by atoms with Crippen LogP contribution in [-0.2, 0) is 12.0 Å². The molecular weight excluding hydrogens is 439 g/mol. The van der Waals surface area contributed by atoms with E-state index in [1.54, 1.807) is 13.2 Å². The first kappa shape index (κ1) is 22.5. The first-order chi connectivity index (χ1) is 11.9. The fourth-order valence-corrected chi connectivity index (χ4v) is 2.47. The number of benzene rings is 1. The van der Waals surface area contributed by atoms with E-state index >= 15 is 0 Å². The lowest BCUT2D eigenvalue weighted by molar-refractivity contribution is 0.379. The molecule has 1 heterocycles. The van der Waals surface area contributed by atoms with Crippen molar-refractivity contribution >= 4 is 29.9 Å². The molecule has 0 bridgehead atoms. The average molecular weight is 470 g/mol. The molecule has 26 heavy (non-hydrogen) atoms. The molecule has 1 aromatic carbocycles. The Hall–Kier alpha value is -1.57. The summed E-state index contributed by atoms with van der Waals surface area (Å²) < 4.78 is 5.79. The molecule has 0 amide bonds. The van der Waals surface area contributed by atoms with Gasteiger partial charge in [-0.25, -0.2) is 4.98 Å². The van der Waals surface area contributed by atoms with E-state index in [1.807, 2.05) is 6.07 Å². The number of halogens is 1. The molecule has 0 fully saturated rings. The molecule has 0 spiro atoms. The Labute approximate surface area is 174 Å². The number of oxazole rings is 1. The largest absolute Gasteiger partial charge is 0.443 e. The van der Waals surface area contributed by atoms with Crippen LogP contribution in [0, 0.1) is 0 Å². The van der Waals surface area contributed by atoms with Crippen LogP contribution in [0.1, 0.15) is 57.2 Å². The third-order valence-corrected chi connectivity index (χ3v) is 4.16. The lowest BCUT2D eigenvalue weighted by Crippen LogP contribution is -2.37. The standard InChI is InChI=1S/C20H30N4O.HI/c1-15(16-9-7-6-8-10-16)11-12-22-19(21-5)24-14-18-23-13-17(25-18)20(2,3)4;/h6-10,13,15H,11-12,14H2,1-5H3,(H2,21,22,24);1H. The summed E-state index contributed by atoms with van der Waals surface area (Å²) in [6.07, 6.45) is 2.84. The number of nitrogens with one attached hydrogen (secondary N) is 2. The predicted molar refractivity (Wildman–Crippen MR) is 118 cm³/mol. The van der Waals surface area contributed by atoms with Gasteiger partial charge in [0.25, 0.3) is 0 Å². The van der Waals surface area contributed by atoms with Gasteiger partial charge in [0.05, 0.1) is 12.7 Å². The Kier molecular flexibility index (Phi) is 9.12. The van der Waals surface area contributed by atoms with Crippen molar-refractivity contribution in [2.45, 2.75) is 52.0 Å². The molecule has 1 unspecified atom stereocenters. The summed E-state index contributed by atoms with van der Waals surface area (Å²) in [5, 5.41) is 6.59. The number of rotatable bonds is 6. The number of hydrogen-bond acceptors (Lipinski definition) is 3. The summed E-state index contributed by atoms with van der Waals surface area (Å²) in [6.45, 7) is 9.95. The van der Waals surface area contributed by atoms with Crippen LogP contribution in [0.5, 0.6) is 0 Å². The first-order valence-corrected chi connectivity index (χ1v) is 8.85. The molecule has 0 saturated carbocycles. The van der Waals surface area contributed by atoms with E-state index < -0.39 is 0 Å². The van der Waals surface area contributed by atoms with Crippen LogP contribution in [0.25, 0.3) is 0 Å². The maximum Gasteiger partial charge on any atom is 0.213 e. The van der Waals surface area contributed by atoms with Crippen molar-refractivity contribution in [2.75, 3.05) is 13.6 Å². The van der Waals surface area contributed by atoms with Crippen LogP contribution in [-0.4, -0.2) is 24.5 Å². The van der Waals surface area contributed by atoms with Gasteiger partial charge in [-0.2, -0.15) is 0 Å². The van der Waals surface area contributed by atoms with E-state index in [1.165, 1.54) is 5.56 Å². The zero-order valence-corrected chi connectivity index (χ0v) is 18.7. The lowest BCUT2D eigenvalue weighted by atomic mass is 9.94. The fraction of sp³-hybridized carbons (Fsp3) is 0.500. The van der Waals surface area contributed by atoms with E-state index in [-0.39, 0.29) is 29.4 Å². The van der Waals surface area contributed by atoms with Crippen LogP contribution in [0.4, 0.5) is 0 Å². The number of aromatic nitrogens is 1. The summed E-state index contributed by atoms with van der Waals surface area (Å²) >= 11 is 0. The number of hydrogen-bond donors (Lipinski definition) is 2.